The number of carbonyl (C=O) groups is 2. The quantitative estimate of drug-likeness (QED) is 0.254. The molecule has 32 heavy (non-hydrogen) atoms. The van der Waals surface area contributed by atoms with Crippen LogP contribution in [0.3, 0.4) is 0 Å². The van der Waals surface area contributed by atoms with Crippen molar-refractivity contribution in [3.05, 3.63) is 107 Å². The molecule has 1 atom stereocenters. The van der Waals surface area contributed by atoms with E-state index in [1.165, 1.54) is 18.2 Å². The Bertz CT molecular complexity index is 1220. The van der Waals surface area contributed by atoms with Gasteiger partial charge in [0, 0.05) is 11.3 Å². The second-order valence-corrected chi connectivity index (χ2v) is 7.13. The van der Waals surface area contributed by atoms with Crippen LogP contribution in [0.5, 0.6) is 0 Å². The Hall–Kier alpha value is -3.94. The van der Waals surface area contributed by atoms with Gasteiger partial charge in [-0.1, -0.05) is 36.4 Å². The highest BCUT2D eigenvalue weighted by Crippen LogP contribution is 2.43. The van der Waals surface area contributed by atoms with Crippen LogP contribution >= 0.6 is 0 Å². The molecule has 1 aliphatic heterocycles. The van der Waals surface area contributed by atoms with E-state index < -0.39 is 41.0 Å². The van der Waals surface area contributed by atoms with E-state index in [9.17, 15) is 32.3 Å². The second kappa shape index (κ2) is 7.96. The van der Waals surface area contributed by atoms with Gasteiger partial charge in [-0.2, -0.15) is 13.2 Å². The predicted octanol–water partition coefficient (Wildman–Crippen LogP) is 5.47. The number of benzene rings is 3. The fourth-order valence-electron chi connectivity index (χ4n) is 3.64. The molecule has 4 nitrogen and oxygen atoms in total. The molecule has 1 fully saturated rings. The minimum Gasteiger partial charge on any atom is -0.507 e. The van der Waals surface area contributed by atoms with Crippen molar-refractivity contribution in [3.63, 3.8) is 0 Å². The summed E-state index contributed by atoms with van der Waals surface area (Å²) in [5.41, 5.74) is -0.927. The fourth-order valence-corrected chi connectivity index (χ4v) is 3.64. The molecule has 0 spiro atoms. The van der Waals surface area contributed by atoms with E-state index in [0.29, 0.717) is 5.56 Å². The van der Waals surface area contributed by atoms with Gasteiger partial charge in [0.15, 0.2) is 0 Å². The summed E-state index contributed by atoms with van der Waals surface area (Å²) in [5.74, 6) is -3.25. The first kappa shape index (κ1) is 21.3. The maximum absolute atomic E-state index is 13.3. The van der Waals surface area contributed by atoms with Crippen molar-refractivity contribution in [1.29, 1.82) is 0 Å². The van der Waals surface area contributed by atoms with Crippen LogP contribution in [-0.4, -0.2) is 16.8 Å². The molecule has 4 rings (SSSR count). The Morgan fingerprint density at radius 1 is 0.875 bits per heavy atom. The summed E-state index contributed by atoms with van der Waals surface area (Å²) in [5, 5.41) is 10.9. The number of alkyl halides is 3. The van der Waals surface area contributed by atoms with Crippen molar-refractivity contribution >= 4 is 23.1 Å². The van der Waals surface area contributed by atoms with Crippen LogP contribution in [0.15, 0.2) is 84.4 Å². The number of anilines is 1. The van der Waals surface area contributed by atoms with Crippen molar-refractivity contribution in [2.75, 3.05) is 4.90 Å². The van der Waals surface area contributed by atoms with Crippen LogP contribution < -0.4 is 4.90 Å². The van der Waals surface area contributed by atoms with Gasteiger partial charge in [0.05, 0.1) is 17.2 Å². The first-order valence-electron chi connectivity index (χ1n) is 9.47. The summed E-state index contributed by atoms with van der Waals surface area (Å²) < 4.78 is 53.1. The molecule has 3 aromatic carbocycles. The number of Topliss-reactive ketones (excluding diaryl/α,β-unsaturated/α-hetero) is 1. The summed E-state index contributed by atoms with van der Waals surface area (Å²) in [7, 11) is 0. The number of ketones is 1. The summed E-state index contributed by atoms with van der Waals surface area (Å²) >= 11 is 0. The molecule has 0 radical (unpaired) electrons. The van der Waals surface area contributed by atoms with E-state index >= 15 is 0 Å². The number of hydrogen-bond acceptors (Lipinski definition) is 3. The molecular weight excluding hydrogens is 426 g/mol. The van der Waals surface area contributed by atoms with Crippen molar-refractivity contribution < 1.29 is 32.3 Å². The number of halogens is 4. The fraction of sp³-hybridized carbons (Fsp3) is 0.0833. The zero-order valence-corrected chi connectivity index (χ0v) is 16.3. The zero-order valence-electron chi connectivity index (χ0n) is 16.3. The molecule has 3 aromatic rings. The summed E-state index contributed by atoms with van der Waals surface area (Å²) in [6.45, 7) is 0. The van der Waals surface area contributed by atoms with E-state index in [1.54, 1.807) is 30.3 Å². The summed E-state index contributed by atoms with van der Waals surface area (Å²) in [6.07, 6.45) is -4.65. The Kier molecular flexibility index (Phi) is 5.30. The number of rotatable bonds is 3. The van der Waals surface area contributed by atoms with E-state index in [2.05, 4.69) is 0 Å². The lowest BCUT2D eigenvalue weighted by atomic mass is 9.95. The lowest BCUT2D eigenvalue weighted by Crippen LogP contribution is -2.29. The molecule has 0 saturated carbocycles. The van der Waals surface area contributed by atoms with Crippen LogP contribution in [0, 0.1) is 5.82 Å². The number of aliphatic hydroxyl groups is 1. The molecule has 162 valence electrons. The standard InChI is InChI=1S/C24H15F4NO3/c25-17-11-9-15(10-12-17)21(30)19-20(14-5-2-1-3-6-14)29(23(32)22(19)31)18-8-4-7-16(13-18)24(26,27)28/h1-13,20,30H/b21-19+/t20-/m0/s1. The van der Waals surface area contributed by atoms with Gasteiger partial charge in [0.25, 0.3) is 11.7 Å². The van der Waals surface area contributed by atoms with Crippen molar-refractivity contribution in [1.82, 2.24) is 0 Å². The van der Waals surface area contributed by atoms with Crippen LogP contribution in [0.2, 0.25) is 0 Å². The van der Waals surface area contributed by atoms with Crippen molar-refractivity contribution in [3.8, 4) is 0 Å². The first-order valence-corrected chi connectivity index (χ1v) is 9.47. The Labute approximate surface area is 180 Å². The van der Waals surface area contributed by atoms with Gasteiger partial charge >= 0.3 is 6.18 Å². The molecule has 0 aliphatic carbocycles. The largest absolute Gasteiger partial charge is 0.507 e. The molecule has 1 aliphatic rings. The van der Waals surface area contributed by atoms with E-state index in [1.807, 2.05) is 0 Å². The predicted molar refractivity (Wildman–Crippen MR) is 109 cm³/mol. The van der Waals surface area contributed by atoms with Crippen LogP contribution in [0.4, 0.5) is 23.2 Å². The summed E-state index contributed by atoms with van der Waals surface area (Å²) in [6, 6.07) is 15.7. The van der Waals surface area contributed by atoms with Crippen LogP contribution in [-0.2, 0) is 15.8 Å². The lowest BCUT2D eigenvalue weighted by Gasteiger charge is -2.26. The lowest BCUT2D eigenvalue weighted by molar-refractivity contribution is -0.137. The topological polar surface area (TPSA) is 57.6 Å². The number of aliphatic hydroxyl groups excluding tert-OH is 1. The number of nitrogens with zero attached hydrogens (tertiary/aromatic N) is 1. The molecule has 1 amide bonds. The van der Waals surface area contributed by atoms with Gasteiger partial charge in [0.2, 0.25) is 0 Å². The highest BCUT2D eigenvalue weighted by molar-refractivity contribution is 6.51. The van der Waals surface area contributed by atoms with Gasteiger partial charge in [0.1, 0.15) is 11.6 Å². The molecule has 0 bridgehead atoms. The molecule has 0 aromatic heterocycles. The van der Waals surface area contributed by atoms with E-state index in [0.717, 1.165) is 35.2 Å². The Morgan fingerprint density at radius 3 is 2.16 bits per heavy atom. The minimum atomic E-state index is -4.65. The molecule has 0 unspecified atom stereocenters. The third kappa shape index (κ3) is 3.75. The third-order valence-electron chi connectivity index (χ3n) is 5.13. The maximum atomic E-state index is 13.3. The van der Waals surface area contributed by atoms with Crippen molar-refractivity contribution in [2.24, 2.45) is 0 Å². The average molecular weight is 441 g/mol. The highest BCUT2D eigenvalue weighted by Gasteiger charge is 2.47. The molecule has 1 saturated heterocycles. The van der Waals surface area contributed by atoms with Gasteiger partial charge in [-0.05, 0) is 48.0 Å². The number of carbonyl (C=O) groups excluding carboxylic acids is 2. The third-order valence-corrected chi connectivity index (χ3v) is 5.13. The van der Waals surface area contributed by atoms with E-state index in [4.69, 9.17) is 0 Å². The second-order valence-electron chi connectivity index (χ2n) is 7.13. The monoisotopic (exact) mass is 441 g/mol. The van der Waals surface area contributed by atoms with Gasteiger partial charge in [-0.25, -0.2) is 4.39 Å². The zero-order chi connectivity index (χ0) is 23.0. The van der Waals surface area contributed by atoms with Crippen molar-refractivity contribution in [2.45, 2.75) is 12.2 Å². The molecule has 1 heterocycles. The molecular formula is C24H15F4NO3. The van der Waals surface area contributed by atoms with E-state index in [-0.39, 0.29) is 16.8 Å². The highest BCUT2D eigenvalue weighted by atomic mass is 19.4. The Balaban J connectivity index is 1.93. The number of hydrogen-bond donors (Lipinski definition) is 1. The Morgan fingerprint density at radius 2 is 1.53 bits per heavy atom. The van der Waals surface area contributed by atoms with Gasteiger partial charge in [-0.15, -0.1) is 0 Å². The van der Waals surface area contributed by atoms with Crippen LogP contribution in [0.25, 0.3) is 5.76 Å². The first-order chi connectivity index (χ1) is 15.2. The smallest absolute Gasteiger partial charge is 0.416 e. The average Bonchev–Trinajstić information content (AvgIpc) is 3.04. The SMILES string of the molecule is O=C1C(=O)N(c2cccc(C(F)(F)F)c2)[C@@H](c2ccccc2)/C1=C(\O)c1ccc(F)cc1. The molecule has 1 N–H and O–H groups in total. The maximum Gasteiger partial charge on any atom is 0.416 e. The summed E-state index contributed by atoms with van der Waals surface area (Å²) in [4.78, 5) is 26.8. The molecule has 8 heteroatoms. The van der Waals surface area contributed by atoms with Crippen LogP contribution in [0.1, 0.15) is 22.7 Å². The van der Waals surface area contributed by atoms with Gasteiger partial charge in [-0.3, -0.25) is 14.5 Å². The normalized spacial score (nSPS) is 18.2. The minimum absolute atomic E-state index is 0.0920. The van der Waals surface area contributed by atoms with Gasteiger partial charge < -0.3 is 5.11 Å². The number of amides is 1.